The summed E-state index contributed by atoms with van der Waals surface area (Å²) in [6.07, 6.45) is 1.63. The van der Waals surface area contributed by atoms with E-state index >= 15 is 0 Å². The van der Waals surface area contributed by atoms with Crippen LogP contribution in [0.1, 0.15) is 12.5 Å². The Morgan fingerprint density at radius 1 is 0.972 bits per heavy atom. The first-order valence-corrected chi connectivity index (χ1v) is 11.4. The van der Waals surface area contributed by atoms with E-state index in [1.807, 2.05) is 18.2 Å². The monoisotopic (exact) mass is 502 g/mol. The number of halogens is 1. The number of allylic oxidation sites excluding steroid dienone is 1. The molecule has 0 spiro atoms. The van der Waals surface area contributed by atoms with Crippen LogP contribution in [0.4, 0.5) is 11.4 Å². The Labute approximate surface area is 213 Å². The molecule has 2 amide bonds. The predicted molar refractivity (Wildman–Crippen MR) is 139 cm³/mol. The molecule has 0 unspecified atom stereocenters. The van der Waals surface area contributed by atoms with Gasteiger partial charge in [0.25, 0.3) is 11.8 Å². The number of amides is 2. The number of esters is 1. The fraction of sp³-hybridized carbons (Fsp3) is 0.107. The van der Waals surface area contributed by atoms with Crippen LogP contribution in [0, 0.1) is 0 Å². The van der Waals surface area contributed by atoms with E-state index in [1.165, 1.54) is 12.0 Å². The van der Waals surface area contributed by atoms with E-state index in [-0.39, 0.29) is 29.6 Å². The zero-order chi connectivity index (χ0) is 25.7. The maximum absolute atomic E-state index is 13.3. The van der Waals surface area contributed by atoms with Crippen LogP contribution in [-0.2, 0) is 19.1 Å². The topological polar surface area (TPSA) is 84.9 Å². The van der Waals surface area contributed by atoms with Crippen molar-refractivity contribution in [2.75, 3.05) is 23.9 Å². The molecule has 8 heteroatoms. The average Bonchev–Trinajstić information content (AvgIpc) is 3.14. The van der Waals surface area contributed by atoms with Gasteiger partial charge in [0.05, 0.1) is 29.0 Å². The van der Waals surface area contributed by atoms with Gasteiger partial charge in [0.15, 0.2) is 6.61 Å². The summed E-state index contributed by atoms with van der Waals surface area (Å²) in [5.74, 6) is -0.795. The highest BCUT2D eigenvalue weighted by Gasteiger charge is 2.37. The summed E-state index contributed by atoms with van der Waals surface area (Å²) in [5, 5.41) is 3.13. The SMILES string of the molecule is COC(=O)C1=C(C)N(c2ccccc2)C(=O)/C1=C\c1ccc(OCC(=O)Nc2ccccc2Cl)cc1. The number of carbonyl (C=O) groups excluding carboxylic acids is 3. The van der Waals surface area contributed by atoms with Crippen LogP contribution in [-0.4, -0.2) is 31.5 Å². The smallest absolute Gasteiger partial charge is 0.340 e. The molecule has 0 saturated carbocycles. The lowest BCUT2D eigenvalue weighted by Gasteiger charge is -2.17. The van der Waals surface area contributed by atoms with Gasteiger partial charge in [0.2, 0.25) is 0 Å². The van der Waals surface area contributed by atoms with E-state index in [4.69, 9.17) is 21.1 Å². The van der Waals surface area contributed by atoms with Crippen LogP contribution in [0.25, 0.3) is 6.08 Å². The normalized spacial score (nSPS) is 14.2. The molecule has 0 saturated heterocycles. The molecule has 0 fully saturated rings. The number of methoxy groups -OCH3 is 1. The second-order valence-corrected chi connectivity index (χ2v) is 8.28. The van der Waals surface area contributed by atoms with Crippen molar-refractivity contribution >= 4 is 46.8 Å². The van der Waals surface area contributed by atoms with Gasteiger partial charge in [-0.2, -0.15) is 0 Å². The van der Waals surface area contributed by atoms with E-state index < -0.39 is 5.97 Å². The molecule has 7 nitrogen and oxygen atoms in total. The Bertz CT molecular complexity index is 1360. The lowest BCUT2D eigenvalue weighted by atomic mass is 10.0. The number of carbonyl (C=O) groups is 3. The highest BCUT2D eigenvalue weighted by atomic mass is 35.5. The van der Waals surface area contributed by atoms with Gasteiger partial charge in [-0.1, -0.05) is 54.1 Å². The molecule has 1 aliphatic heterocycles. The van der Waals surface area contributed by atoms with Gasteiger partial charge in [-0.3, -0.25) is 14.5 Å². The van der Waals surface area contributed by atoms with Gasteiger partial charge in [0, 0.05) is 11.4 Å². The quantitative estimate of drug-likeness (QED) is 0.353. The van der Waals surface area contributed by atoms with Gasteiger partial charge < -0.3 is 14.8 Å². The van der Waals surface area contributed by atoms with Crippen molar-refractivity contribution in [3.63, 3.8) is 0 Å². The average molecular weight is 503 g/mol. The van der Waals surface area contributed by atoms with Gasteiger partial charge in [0.1, 0.15) is 5.75 Å². The van der Waals surface area contributed by atoms with Crippen LogP contribution in [0.3, 0.4) is 0 Å². The van der Waals surface area contributed by atoms with E-state index in [9.17, 15) is 14.4 Å². The maximum atomic E-state index is 13.3. The summed E-state index contributed by atoms with van der Waals surface area (Å²) in [6, 6.07) is 22.8. The van der Waals surface area contributed by atoms with Crippen LogP contribution in [0.5, 0.6) is 5.75 Å². The van der Waals surface area contributed by atoms with Gasteiger partial charge in [-0.25, -0.2) is 4.79 Å². The Kier molecular flexibility index (Phi) is 7.51. The van der Waals surface area contributed by atoms with Gasteiger partial charge in [-0.05, 0) is 55.0 Å². The van der Waals surface area contributed by atoms with Crippen LogP contribution in [0.2, 0.25) is 5.02 Å². The third kappa shape index (κ3) is 5.31. The summed E-state index contributed by atoms with van der Waals surface area (Å²) >= 11 is 6.05. The fourth-order valence-electron chi connectivity index (χ4n) is 3.79. The van der Waals surface area contributed by atoms with E-state index in [2.05, 4.69) is 5.32 Å². The van der Waals surface area contributed by atoms with Gasteiger partial charge in [-0.15, -0.1) is 0 Å². The molecule has 1 N–H and O–H groups in total. The molecule has 3 aromatic carbocycles. The Hall–Kier alpha value is -4.36. The van der Waals surface area contributed by atoms with Crippen molar-refractivity contribution in [1.29, 1.82) is 0 Å². The molecule has 36 heavy (non-hydrogen) atoms. The Morgan fingerprint density at radius 2 is 1.64 bits per heavy atom. The lowest BCUT2D eigenvalue weighted by Crippen LogP contribution is -2.24. The van der Waals surface area contributed by atoms with Crippen LogP contribution < -0.4 is 15.0 Å². The molecule has 4 rings (SSSR count). The molecule has 0 aromatic heterocycles. The van der Waals surface area contributed by atoms with Crippen molar-refractivity contribution < 1.29 is 23.9 Å². The molecule has 0 radical (unpaired) electrons. The maximum Gasteiger partial charge on any atom is 0.340 e. The van der Waals surface area contributed by atoms with Gasteiger partial charge >= 0.3 is 5.97 Å². The first-order valence-electron chi connectivity index (χ1n) is 11.1. The first-order chi connectivity index (χ1) is 17.4. The number of rotatable bonds is 7. The number of hydrogen-bond donors (Lipinski definition) is 1. The molecule has 3 aromatic rings. The number of hydrogen-bond acceptors (Lipinski definition) is 5. The van der Waals surface area contributed by atoms with E-state index in [0.29, 0.717) is 33.4 Å². The molecule has 0 atom stereocenters. The first kappa shape index (κ1) is 24.8. The predicted octanol–water partition coefficient (Wildman–Crippen LogP) is 5.23. The summed E-state index contributed by atoms with van der Waals surface area (Å²) < 4.78 is 10.5. The summed E-state index contributed by atoms with van der Waals surface area (Å²) in [7, 11) is 1.28. The third-order valence-corrected chi connectivity index (χ3v) is 5.84. The highest BCUT2D eigenvalue weighted by molar-refractivity contribution is 6.33. The largest absolute Gasteiger partial charge is 0.484 e. The fourth-order valence-corrected chi connectivity index (χ4v) is 3.98. The van der Waals surface area contributed by atoms with Crippen molar-refractivity contribution in [3.8, 4) is 5.75 Å². The minimum absolute atomic E-state index is 0.204. The molecule has 182 valence electrons. The number of benzene rings is 3. The molecular weight excluding hydrogens is 480 g/mol. The van der Waals surface area contributed by atoms with Crippen molar-refractivity contribution in [3.05, 3.63) is 106 Å². The Morgan fingerprint density at radius 3 is 2.31 bits per heavy atom. The van der Waals surface area contributed by atoms with E-state index in [0.717, 1.165) is 0 Å². The van der Waals surface area contributed by atoms with Crippen LogP contribution in [0.15, 0.2) is 95.7 Å². The second kappa shape index (κ2) is 10.9. The third-order valence-electron chi connectivity index (χ3n) is 5.51. The number of anilines is 2. The zero-order valence-corrected chi connectivity index (χ0v) is 20.4. The molecule has 0 aliphatic carbocycles. The minimum atomic E-state index is -0.588. The van der Waals surface area contributed by atoms with Crippen LogP contribution >= 0.6 is 11.6 Å². The second-order valence-electron chi connectivity index (χ2n) is 7.87. The summed E-state index contributed by atoms with van der Waals surface area (Å²) in [6.45, 7) is 1.51. The number of nitrogens with one attached hydrogen (secondary N) is 1. The number of para-hydroxylation sites is 2. The summed E-state index contributed by atoms with van der Waals surface area (Å²) in [5.41, 5.74) is 2.77. The zero-order valence-electron chi connectivity index (χ0n) is 19.7. The molecule has 0 bridgehead atoms. The molecule has 1 aliphatic rings. The van der Waals surface area contributed by atoms with Crippen molar-refractivity contribution in [1.82, 2.24) is 0 Å². The number of ether oxygens (including phenoxy) is 2. The lowest BCUT2D eigenvalue weighted by molar-refractivity contribution is -0.136. The van der Waals surface area contributed by atoms with Crippen molar-refractivity contribution in [2.24, 2.45) is 0 Å². The number of nitrogens with zero attached hydrogens (tertiary/aromatic N) is 1. The minimum Gasteiger partial charge on any atom is -0.484 e. The Balaban J connectivity index is 1.50. The van der Waals surface area contributed by atoms with Crippen molar-refractivity contribution in [2.45, 2.75) is 6.92 Å². The standard InChI is InChI=1S/C28H23ClN2O5/c1-18-26(28(34)35-2)22(27(33)31(18)20-8-4-3-5-9-20)16-19-12-14-21(15-13-19)36-17-25(32)30-24-11-7-6-10-23(24)29/h3-16H,17H2,1-2H3,(H,30,32)/b22-16-. The molecule has 1 heterocycles. The summed E-state index contributed by atoms with van der Waals surface area (Å²) in [4.78, 5) is 39.5. The highest BCUT2D eigenvalue weighted by Crippen LogP contribution is 2.35. The molecular formula is C28H23ClN2O5. The van der Waals surface area contributed by atoms with E-state index in [1.54, 1.807) is 73.7 Å².